The molecule has 0 bridgehead atoms. The number of rotatable bonds is 4. The van der Waals surface area contributed by atoms with Gasteiger partial charge in [-0.15, -0.1) is 11.3 Å². The zero-order valence-electron chi connectivity index (χ0n) is 16.3. The molecule has 2 heterocycles. The maximum absolute atomic E-state index is 13.1. The van der Waals surface area contributed by atoms with Crippen LogP contribution >= 0.6 is 11.3 Å². The van der Waals surface area contributed by atoms with Crippen LogP contribution in [0.1, 0.15) is 57.0 Å². The van der Waals surface area contributed by atoms with E-state index in [1.165, 1.54) is 21.8 Å². The molecule has 1 amide bonds. The summed E-state index contributed by atoms with van der Waals surface area (Å²) in [6.45, 7) is 9.61. The molecule has 1 aromatic heterocycles. The molecule has 2 aromatic rings. The molecule has 0 radical (unpaired) electrons. The zero-order valence-corrected chi connectivity index (χ0v) is 17.1. The molecule has 0 aliphatic carbocycles. The van der Waals surface area contributed by atoms with Crippen molar-refractivity contribution in [2.75, 3.05) is 4.90 Å². The SMILES string of the molecule is CC(C)c1ccc(N2C(=O)C(O)=C(C(=O)C(C)(C)C)C2c2cccs2)cc1. The molecule has 1 N–H and O–H groups in total. The van der Waals surface area contributed by atoms with Gasteiger partial charge in [-0.3, -0.25) is 14.5 Å². The molecule has 0 saturated carbocycles. The fourth-order valence-electron chi connectivity index (χ4n) is 3.24. The molecule has 3 rings (SSSR count). The lowest BCUT2D eigenvalue weighted by Gasteiger charge is -2.28. The van der Waals surface area contributed by atoms with Crippen molar-refractivity contribution in [2.45, 2.75) is 46.6 Å². The first kappa shape index (κ1) is 19.4. The van der Waals surface area contributed by atoms with Crippen LogP contribution in [0.2, 0.25) is 0 Å². The van der Waals surface area contributed by atoms with Gasteiger partial charge in [-0.2, -0.15) is 0 Å². The Kier molecular flexibility index (Phi) is 5.00. The number of aliphatic hydroxyl groups excluding tert-OH is 1. The van der Waals surface area contributed by atoms with Crippen molar-refractivity contribution >= 4 is 28.7 Å². The standard InChI is InChI=1S/C22H25NO3S/c1-13(2)14-8-10-15(11-9-14)23-18(16-7-6-12-27-16)17(19(24)21(23)26)20(25)22(3,4)5/h6-13,18,24H,1-5H3. The van der Waals surface area contributed by atoms with Crippen molar-refractivity contribution in [1.82, 2.24) is 0 Å². The van der Waals surface area contributed by atoms with Gasteiger partial charge in [-0.1, -0.05) is 52.8 Å². The monoisotopic (exact) mass is 383 g/mol. The van der Waals surface area contributed by atoms with Crippen LogP contribution in [0.4, 0.5) is 5.69 Å². The highest BCUT2D eigenvalue weighted by Crippen LogP contribution is 2.44. The minimum absolute atomic E-state index is 0.183. The molecular weight excluding hydrogens is 358 g/mol. The lowest BCUT2D eigenvalue weighted by atomic mass is 9.83. The predicted octanol–water partition coefficient (Wildman–Crippen LogP) is 5.39. The number of benzene rings is 1. The summed E-state index contributed by atoms with van der Waals surface area (Å²) in [6, 6.07) is 10.9. The van der Waals surface area contributed by atoms with Crippen LogP contribution in [0.15, 0.2) is 53.1 Å². The maximum atomic E-state index is 13.1. The topological polar surface area (TPSA) is 57.6 Å². The lowest BCUT2D eigenvalue weighted by molar-refractivity contribution is -0.123. The van der Waals surface area contributed by atoms with E-state index in [1.807, 2.05) is 41.8 Å². The van der Waals surface area contributed by atoms with Crippen molar-refractivity contribution in [1.29, 1.82) is 0 Å². The van der Waals surface area contributed by atoms with E-state index in [0.717, 1.165) is 4.88 Å². The van der Waals surface area contributed by atoms with Gasteiger partial charge in [0.05, 0.1) is 5.57 Å². The number of carbonyl (C=O) groups excluding carboxylic acids is 2. The third kappa shape index (κ3) is 3.44. The lowest BCUT2D eigenvalue weighted by Crippen LogP contribution is -2.32. The van der Waals surface area contributed by atoms with Gasteiger partial charge in [0.15, 0.2) is 11.5 Å². The van der Waals surface area contributed by atoms with Gasteiger partial charge >= 0.3 is 0 Å². The fourth-order valence-corrected chi connectivity index (χ4v) is 4.07. The Labute approximate surface area is 164 Å². The van der Waals surface area contributed by atoms with Crippen LogP contribution in [0, 0.1) is 5.41 Å². The molecule has 1 atom stereocenters. The van der Waals surface area contributed by atoms with Crippen molar-refractivity contribution in [3.8, 4) is 0 Å². The molecule has 142 valence electrons. The van der Waals surface area contributed by atoms with Crippen molar-refractivity contribution in [3.05, 3.63) is 63.6 Å². The van der Waals surface area contributed by atoms with E-state index in [9.17, 15) is 14.7 Å². The number of amides is 1. The van der Waals surface area contributed by atoms with Crippen molar-refractivity contribution in [3.63, 3.8) is 0 Å². The Balaban J connectivity index is 2.12. The Hall–Kier alpha value is -2.40. The van der Waals surface area contributed by atoms with Crippen LogP contribution in [-0.4, -0.2) is 16.8 Å². The Morgan fingerprint density at radius 1 is 1.15 bits per heavy atom. The van der Waals surface area contributed by atoms with E-state index < -0.39 is 23.1 Å². The highest BCUT2D eigenvalue weighted by Gasteiger charge is 2.47. The van der Waals surface area contributed by atoms with Gasteiger partial charge < -0.3 is 5.11 Å². The van der Waals surface area contributed by atoms with Crippen LogP contribution < -0.4 is 4.90 Å². The third-order valence-electron chi connectivity index (χ3n) is 4.78. The second-order valence-electron chi connectivity index (χ2n) is 8.18. The molecule has 0 fully saturated rings. The number of thiophene rings is 1. The van der Waals surface area contributed by atoms with Gasteiger partial charge in [0.25, 0.3) is 5.91 Å². The third-order valence-corrected chi connectivity index (χ3v) is 5.71. The fraction of sp³-hybridized carbons (Fsp3) is 0.364. The summed E-state index contributed by atoms with van der Waals surface area (Å²) >= 11 is 1.47. The van der Waals surface area contributed by atoms with E-state index >= 15 is 0 Å². The first-order valence-electron chi connectivity index (χ1n) is 9.07. The largest absolute Gasteiger partial charge is 0.503 e. The van der Waals surface area contributed by atoms with E-state index in [0.29, 0.717) is 11.6 Å². The number of anilines is 1. The van der Waals surface area contributed by atoms with Gasteiger partial charge in [0.1, 0.15) is 6.04 Å². The van der Waals surface area contributed by atoms with Crippen LogP contribution in [-0.2, 0) is 9.59 Å². The smallest absolute Gasteiger partial charge is 0.294 e. The Morgan fingerprint density at radius 3 is 2.26 bits per heavy atom. The highest BCUT2D eigenvalue weighted by atomic mass is 32.1. The molecule has 1 aliphatic rings. The second-order valence-corrected chi connectivity index (χ2v) is 9.16. The number of aliphatic hydroxyl groups is 1. The summed E-state index contributed by atoms with van der Waals surface area (Å²) < 4.78 is 0. The average Bonchev–Trinajstić information content (AvgIpc) is 3.21. The van der Waals surface area contributed by atoms with E-state index in [2.05, 4.69) is 13.8 Å². The molecule has 5 heteroatoms. The number of carbonyl (C=O) groups is 2. The number of hydrogen-bond donors (Lipinski definition) is 1. The van der Waals surface area contributed by atoms with E-state index in [-0.39, 0.29) is 11.4 Å². The zero-order chi connectivity index (χ0) is 19.9. The summed E-state index contributed by atoms with van der Waals surface area (Å²) in [5.74, 6) is -0.807. The van der Waals surface area contributed by atoms with Gasteiger partial charge in [-0.05, 0) is 35.1 Å². The number of nitrogens with zero attached hydrogens (tertiary/aromatic N) is 1. The predicted molar refractivity (Wildman–Crippen MR) is 109 cm³/mol. The summed E-state index contributed by atoms with van der Waals surface area (Å²) in [5.41, 5.74) is 1.33. The maximum Gasteiger partial charge on any atom is 0.294 e. The van der Waals surface area contributed by atoms with Gasteiger partial charge in [0, 0.05) is 16.0 Å². The highest BCUT2D eigenvalue weighted by molar-refractivity contribution is 7.10. The summed E-state index contributed by atoms with van der Waals surface area (Å²) in [7, 11) is 0. The van der Waals surface area contributed by atoms with Gasteiger partial charge in [0.2, 0.25) is 0 Å². The molecule has 1 aromatic carbocycles. The molecule has 1 unspecified atom stereocenters. The molecule has 0 saturated heterocycles. The number of Topliss-reactive ketones (excluding diaryl/α,β-unsaturated/α-hetero) is 1. The number of ketones is 1. The molecule has 1 aliphatic heterocycles. The molecule has 0 spiro atoms. The Bertz CT molecular complexity index is 887. The molecule has 27 heavy (non-hydrogen) atoms. The van der Waals surface area contributed by atoms with Crippen molar-refractivity contribution in [2.24, 2.45) is 5.41 Å². The first-order valence-corrected chi connectivity index (χ1v) is 9.95. The minimum Gasteiger partial charge on any atom is -0.503 e. The molecular formula is C22H25NO3S. The van der Waals surface area contributed by atoms with Crippen LogP contribution in [0.3, 0.4) is 0 Å². The summed E-state index contributed by atoms with van der Waals surface area (Å²) in [4.78, 5) is 28.4. The van der Waals surface area contributed by atoms with Crippen molar-refractivity contribution < 1.29 is 14.7 Å². The van der Waals surface area contributed by atoms with E-state index in [1.54, 1.807) is 20.8 Å². The second kappa shape index (κ2) is 6.97. The normalized spacial score (nSPS) is 17.9. The first-order chi connectivity index (χ1) is 12.6. The number of hydrogen-bond acceptors (Lipinski definition) is 4. The molecule has 4 nitrogen and oxygen atoms in total. The van der Waals surface area contributed by atoms with Gasteiger partial charge in [-0.25, -0.2) is 0 Å². The Morgan fingerprint density at radius 2 is 1.78 bits per heavy atom. The van der Waals surface area contributed by atoms with Crippen LogP contribution in [0.25, 0.3) is 0 Å². The quantitative estimate of drug-likeness (QED) is 0.770. The van der Waals surface area contributed by atoms with Crippen LogP contribution in [0.5, 0.6) is 0 Å². The average molecular weight is 384 g/mol. The summed E-state index contributed by atoms with van der Waals surface area (Å²) in [5, 5.41) is 12.5. The minimum atomic E-state index is -0.698. The summed E-state index contributed by atoms with van der Waals surface area (Å²) in [6.07, 6.45) is 0. The van der Waals surface area contributed by atoms with E-state index in [4.69, 9.17) is 0 Å².